The lowest BCUT2D eigenvalue weighted by atomic mass is 9.99. The van der Waals surface area contributed by atoms with Crippen molar-refractivity contribution < 1.29 is 0 Å². The summed E-state index contributed by atoms with van der Waals surface area (Å²) in [5.74, 6) is 1.62. The highest BCUT2D eigenvalue weighted by Gasteiger charge is 2.24. The molecule has 0 saturated carbocycles. The molecule has 426 valence electrons. The number of hydrogen-bond acceptors (Lipinski definition) is 6. The van der Waals surface area contributed by atoms with Gasteiger partial charge in [-0.2, -0.15) is 0 Å². The maximum absolute atomic E-state index is 5.64. The van der Waals surface area contributed by atoms with Crippen LogP contribution in [0.4, 0.5) is 0 Å². The van der Waals surface area contributed by atoms with Gasteiger partial charge >= 0.3 is 0 Å². The van der Waals surface area contributed by atoms with E-state index in [0.29, 0.717) is 0 Å². The predicted molar refractivity (Wildman–Crippen MR) is 386 cm³/mol. The maximum atomic E-state index is 5.64. The third-order valence-corrected chi connectivity index (χ3v) is 21.4. The standard InChI is InChI=1S/C82H46N8S2/c1-2-14-47(15-3-1)48-30-37-76-62(42-48)63-44-53(32-39-77(63)91-76)51-29-36-72-60(41-51)56-17-6-11-23-70(56)88(72)82-86-66-34-27-49(45-64(66)80-84-68-21-9-13-25-74(68)90(80)82)54-26-33-57-61-43-52(31-38-75(61)92-78(57)46-54)50-28-35-71-59(40-50)55-16-5-10-22-69(55)87(71)81-85-65-19-7-4-18-58(65)79-83-67-20-8-12-24-73(67)89(79)81/h1-46H. The number of para-hydroxylation sites is 7. The minimum Gasteiger partial charge on any atom is -0.279 e. The van der Waals surface area contributed by atoms with Crippen LogP contribution in [0.3, 0.4) is 0 Å². The van der Waals surface area contributed by atoms with Crippen LogP contribution in [0.15, 0.2) is 279 Å². The van der Waals surface area contributed by atoms with Crippen molar-refractivity contribution in [3.8, 4) is 56.4 Å². The van der Waals surface area contributed by atoms with Crippen LogP contribution in [0, 0.1) is 0 Å². The Morgan fingerprint density at radius 1 is 0.207 bits per heavy atom. The molecule has 0 unspecified atom stereocenters. The molecule has 0 saturated heterocycles. The first-order chi connectivity index (χ1) is 45.6. The zero-order valence-electron chi connectivity index (χ0n) is 49.0. The minimum absolute atomic E-state index is 0.800. The van der Waals surface area contributed by atoms with Crippen molar-refractivity contribution in [2.45, 2.75) is 0 Å². The molecule has 8 nitrogen and oxygen atoms in total. The van der Waals surface area contributed by atoms with E-state index >= 15 is 0 Å². The molecule has 0 atom stereocenters. The van der Waals surface area contributed by atoms with Gasteiger partial charge in [-0.3, -0.25) is 17.9 Å². The Morgan fingerprint density at radius 3 is 1.14 bits per heavy atom. The summed E-state index contributed by atoms with van der Waals surface area (Å²) in [6.45, 7) is 0. The molecular weight excluding hydrogens is 1160 g/mol. The Hall–Kier alpha value is -11.8. The minimum atomic E-state index is 0.800. The van der Waals surface area contributed by atoms with Crippen molar-refractivity contribution in [3.05, 3.63) is 279 Å². The summed E-state index contributed by atoms with van der Waals surface area (Å²) >= 11 is 3.70. The highest BCUT2D eigenvalue weighted by atomic mass is 32.1. The van der Waals surface area contributed by atoms with Gasteiger partial charge in [0.2, 0.25) is 11.9 Å². The zero-order chi connectivity index (χ0) is 59.9. The second-order valence-electron chi connectivity index (χ2n) is 24.2. The van der Waals surface area contributed by atoms with E-state index in [9.17, 15) is 0 Å². The molecule has 21 aromatic rings. The van der Waals surface area contributed by atoms with Gasteiger partial charge in [0.1, 0.15) is 11.3 Å². The quantitative estimate of drug-likeness (QED) is 0.166. The van der Waals surface area contributed by atoms with E-state index in [1.807, 2.05) is 22.7 Å². The van der Waals surface area contributed by atoms with Crippen molar-refractivity contribution in [2.75, 3.05) is 0 Å². The Kier molecular flexibility index (Phi) is 10.3. The number of nitrogens with zero attached hydrogens (tertiary/aromatic N) is 8. The van der Waals surface area contributed by atoms with Crippen LogP contribution >= 0.6 is 22.7 Å². The van der Waals surface area contributed by atoms with Gasteiger partial charge in [0.25, 0.3) is 0 Å². The molecule has 0 bridgehead atoms. The summed E-state index contributed by atoms with van der Waals surface area (Å²) in [5, 5.41) is 11.8. The molecule has 0 amide bonds. The molecule has 0 aliphatic heterocycles. The van der Waals surface area contributed by atoms with E-state index in [2.05, 4.69) is 297 Å². The largest absolute Gasteiger partial charge is 0.279 e. The first-order valence-corrected chi connectivity index (χ1v) is 32.6. The van der Waals surface area contributed by atoms with E-state index in [0.717, 1.165) is 106 Å². The Bertz CT molecular complexity index is 6780. The van der Waals surface area contributed by atoms with Crippen LogP contribution in [0.2, 0.25) is 0 Å². The van der Waals surface area contributed by atoms with Gasteiger partial charge in [0.05, 0.1) is 55.2 Å². The predicted octanol–water partition coefficient (Wildman–Crippen LogP) is 22.0. The Labute approximate surface area is 531 Å². The van der Waals surface area contributed by atoms with Crippen LogP contribution in [-0.2, 0) is 0 Å². The van der Waals surface area contributed by atoms with Crippen LogP contribution in [0.1, 0.15) is 0 Å². The number of hydrogen-bond donors (Lipinski definition) is 0. The molecule has 8 aromatic heterocycles. The SMILES string of the molecule is c1ccc(-c2ccc3sc4ccc(-c5ccc6c(c5)c5ccccc5n6-c5nc6ccc(-c7ccc8c(c7)sc7ccc(-c9ccc%10c(c9)c9ccccc9n%10-c9nc%10ccccc%10c%10nc%11ccccc%11n9%10)cc78)cc6c6nc7ccccc7n56)cc4c3c2)cc1. The first-order valence-electron chi connectivity index (χ1n) is 31.0. The number of benzene rings is 13. The molecule has 21 rings (SSSR count). The van der Waals surface area contributed by atoms with Gasteiger partial charge in [-0.25, -0.2) is 19.9 Å². The van der Waals surface area contributed by atoms with Crippen LogP contribution in [0.25, 0.3) is 196 Å². The van der Waals surface area contributed by atoms with Crippen molar-refractivity contribution in [2.24, 2.45) is 0 Å². The lowest BCUT2D eigenvalue weighted by molar-refractivity contribution is 0.979. The molecule has 92 heavy (non-hydrogen) atoms. The van der Waals surface area contributed by atoms with Gasteiger partial charge < -0.3 is 0 Å². The second-order valence-corrected chi connectivity index (χ2v) is 26.3. The fourth-order valence-corrected chi connectivity index (χ4v) is 17.0. The number of rotatable bonds is 6. The molecular formula is C82H46N8S2. The topological polar surface area (TPSA) is 70.2 Å². The maximum Gasteiger partial charge on any atom is 0.221 e. The summed E-state index contributed by atoms with van der Waals surface area (Å²) in [6.07, 6.45) is 0. The number of imidazole rings is 2. The van der Waals surface area contributed by atoms with Crippen molar-refractivity contribution in [1.29, 1.82) is 0 Å². The van der Waals surface area contributed by atoms with Gasteiger partial charge in [-0.15, -0.1) is 22.7 Å². The number of thiophene rings is 2. The molecule has 8 heterocycles. The third kappa shape index (κ3) is 7.21. The Morgan fingerprint density at radius 2 is 0.576 bits per heavy atom. The van der Waals surface area contributed by atoms with Gasteiger partial charge in [0, 0.05) is 72.7 Å². The van der Waals surface area contributed by atoms with Crippen LogP contribution < -0.4 is 0 Å². The van der Waals surface area contributed by atoms with Crippen molar-refractivity contribution >= 4 is 162 Å². The van der Waals surface area contributed by atoms with E-state index in [4.69, 9.17) is 19.9 Å². The fraction of sp³-hybridized carbons (Fsp3) is 0. The molecule has 0 fully saturated rings. The number of aromatic nitrogens is 8. The van der Waals surface area contributed by atoms with Crippen molar-refractivity contribution in [3.63, 3.8) is 0 Å². The van der Waals surface area contributed by atoms with Crippen LogP contribution in [0.5, 0.6) is 0 Å². The normalized spacial score (nSPS) is 12.3. The summed E-state index contributed by atoms with van der Waals surface area (Å²) in [6, 6.07) is 101. The van der Waals surface area contributed by atoms with Gasteiger partial charge in [0.15, 0.2) is 0 Å². The smallest absolute Gasteiger partial charge is 0.221 e. The molecule has 0 aliphatic rings. The monoisotopic (exact) mass is 1210 g/mol. The van der Waals surface area contributed by atoms with E-state index < -0.39 is 0 Å². The third-order valence-electron chi connectivity index (χ3n) is 19.1. The van der Waals surface area contributed by atoms with E-state index in [-0.39, 0.29) is 0 Å². The summed E-state index contributed by atoms with van der Waals surface area (Å²) in [7, 11) is 0. The molecule has 0 N–H and O–H groups in total. The molecule has 0 radical (unpaired) electrons. The first kappa shape index (κ1) is 50.1. The lowest BCUT2D eigenvalue weighted by Gasteiger charge is -2.13. The highest BCUT2D eigenvalue weighted by Crippen LogP contribution is 2.44. The molecule has 13 aromatic carbocycles. The average molecular weight is 1210 g/mol. The summed E-state index contributed by atoms with van der Waals surface area (Å²) < 4.78 is 14.2. The van der Waals surface area contributed by atoms with E-state index in [1.54, 1.807) is 0 Å². The van der Waals surface area contributed by atoms with Gasteiger partial charge in [-0.05, 0) is 172 Å². The highest BCUT2D eigenvalue weighted by molar-refractivity contribution is 7.26. The molecule has 0 spiro atoms. The fourth-order valence-electron chi connectivity index (χ4n) is 14.8. The molecule has 0 aliphatic carbocycles. The van der Waals surface area contributed by atoms with Crippen molar-refractivity contribution in [1.82, 2.24) is 37.9 Å². The molecule has 10 heteroatoms. The lowest BCUT2D eigenvalue weighted by Crippen LogP contribution is -2.06. The summed E-state index contributed by atoms with van der Waals surface area (Å²) in [5.41, 5.74) is 21.2. The van der Waals surface area contributed by atoms with E-state index in [1.165, 1.54) is 89.7 Å². The average Bonchev–Trinajstić information content (AvgIpc) is 1.57. The van der Waals surface area contributed by atoms with Crippen LogP contribution in [-0.4, -0.2) is 37.9 Å². The summed E-state index contributed by atoms with van der Waals surface area (Å²) in [4.78, 5) is 21.6. The Balaban J connectivity index is 0.657. The van der Waals surface area contributed by atoms with Gasteiger partial charge in [-0.1, -0.05) is 152 Å². The number of fused-ring (bicyclic) bond motifs is 22. The zero-order valence-corrected chi connectivity index (χ0v) is 50.6. The second kappa shape index (κ2) is 18.9.